The lowest BCUT2D eigenvalue weighted by Gasteiger charge is -2.31. The Labute approximate surface area is 107 Å². The molecule has 1 heterocycles. The van der Waals surface area contributed by atoms with Crippen molar-refractivity contribution < 1.29 is 19.9 Å². The van der Waals surface area contributed by atoms with Crippen LogP contribution < -0.4 is 11.1 Å². The van der Waals surface area contributed by atoms with E-state index in [-0.39, 0.29) is 24.2 Å². The van der Waals surface area contributed by atoms with E-state index in [0.717, 1.165) is 19.4 Å². The monoisotopic (exact) mass is 256 g/mol. The average molecular weight is 256 g/mol. The van der Waals surface area contributed by atoms with Crippen molar-refractivity contribution in [3.63, 3.8) is 0 Å². The zero-order valence-corrected chi connectivity index (χ0v) is 10.4. The molecule has 1 saturated carbocycles. The summed E-state index contributed by atoms with van der Waals surface area (Å²) in [5, 5.41) is 30.4. The van der Waals surface area contributed by atoms with Gasteiger partial charge in [0, 0.05) is 12.0 Å². The highest BCUT2D eigenvalue weighted by molar-refractivity contribution is 6.40. The zero-order chi connectivity index (χ0) is 13.3. The van der Waals surface area contributed by atoms with Crippen LogP contribution in [0.4, 0.5) is 0 Å². The van der Waals surface area contributed by atoms with E-state index >= 15 is 0 Å². The molecular formula is C11H21BN2O4. The number of nitrogens with one attached hydrogen (secondary N) is 1. The minimum atomic E-state index is -1.32. The summed E-state index contributed by atoms with van der Waals surface area (Å²) in [4.78, 5) is 11.5. The van der Waals surface area contributed by atoms with Gasteiger partial charge in [-0.05, 0) is 38.0 Å². The van der Waals surface area contributed by atoms with Gasteiger partial charge in [-0.25, -0.2) is 0 Å². The Morgan fingerprint density at radius 2 is 2.22 bits per heavy atom. The highest BCUT2D eigenvalue weighted by Crippen LogP contribution is 2.45. The number of fused-ring (bicyclic) bond motifs is 1. The molecule has 6 N–H and O–H groups in total. The maximum Gasteiger partial charge on any atom is 0.451 e. The van der Waals surface area contributed by atoms with Gasteiger partial charge in [-0.3, -0.25) is 4.79 Å². The molecule has 0 radical (unpaired) electrons. The minimum absolute atomic E-state index is 0.000880. The van der Waals surface area contributed by atoms with Crippen LogP contribution >= 0.6 is 0 Å². The van der Waals surface area contributed by atoms with E-state index in [4.69, 9.17) is 15.8 Å². The van der Waals surface area contributed by atoms with Crippen LogP contribution in [0, 0.1) is 11.8 Å². The number of hydrogen-bond acceptors (Lipinski definition) is 5. The van der Waals surface area contributed by atoms with E-state index in [9.17, 15) is 9.90 Å². The molecule has 0 bridgehead atoms. The molecule has 0 aromatic rings. The molecule has 102 valence electrons. The van der Waals surface area contributed by atoms with Crippen LogP contribution in [0.1, 0.15) is 25.7 Å². The summed E-state index contributed by atoms with van der Waals surface area (Å²) in [5.74, 6) is -1.01. The van der Waals surface area contributed by atoms with E-state index in [1.54, 1.807) is 0 Å². The van der Waals surface area contributed by atoms with E-state index < -0.39 is 18.6 Å². The average Bonchev–Trinajstić information content (AvgIpc) is 2.82. The molecule has 7 heteroatoms. The summed E-state index contributed by atoms with van der Waals surface area (Å²) < 4.78 is 0. The molecule has 0 amide bonds. The van der Waals surface area contributed by atoms with E-state index in [1.165, 1.54) is 0 Å². The Hall–Kier alpha value is -0.625. The molecular weight excluding hydrogens is 235 g/mol. The quantitative estimate of drug-likeness (QED) is 0.404. The predicted molar refractivity (Wildman–Crippen MR) is 66.8 cm³/mol. The van der Waals surface area contributed by atoms with Crippen molar-refractivity contribution in [2.75, 3.05) is 6.54 Å². The van der Waals surface area contributed by atoms with Crippen molar-refractivity contribution in [3.8, 4) is 0 Å². The van der Waals surface area contributed by atoms with Crippen molar-refractivity contribution >= 4 is 13.1 Å². The molecule has 0 aromatic heterocycles. The fraction of sp³-hybridized carbons (Fsp3) is 0.909. The largest absolute Gasteiger partial charge is 0.480 e. The van der Waals surface area contributed by atoms with Gasteiger partial charge in [-0.15, -0.1) is 0 Å². The summed E-state index contributed by atoms with van der Waals surface area (Å²) in [6, 6.07) is 0.204. The van der Waals surface area contributed by atoms with Crippen LogP contribution in [-0.2, 0) is 4.79 Å². The fourth-order valence-corrected chi connectivity index (χ4v) is 3.63. The first-order chi connectivity index (χ1) is 8.46. The van der Waals surface area contributed by atoms with Gasteiger partial charge >= 0.3 is 13.1 Å². The number of carboxylic acids is 1. The molecule has 1 saturated heterocycles. The van der Waals surface area contributed by atoms with E-state index in [1.807, 2.05) is 0 Å². The van der Waals surface area contributed by atoms with Gasteiger partial charge < -0.3 is 26.2 Å². The second-order valence-corrected chi connectivity index (χ2v) is 5.54. The Morgan fingerprint density at radius 1 is 1.50 bits per heavy atom. The van der Waals surface area contributed by atoms with Crippen molar-refractivity contribution in [1.29, 1.82) is 0 Å². The molecule has 6 nitrogen and oxygen atoms in total. The highest BCUT2D eigenvalue weighted by atomic mass is 16.4. The Morgan fingerprint density at radius 3 is 2.83 bits per heavy atom. The van der Waals surface area contributed by atoms with E-state index in [0.29, 0.717) is 12.8 Å². The van der Waals surface area contributed by atoms with Crippen LogP contribution in [-0.4, -0.2) is 46.4 Å². The predicted octanol–water partition coefficient (Wildman–Crippen LogP) is -0.980. The maximum atomic E-state index is 11.5. The Bertz CT molecular complexity index is 328. The van der Waals surface area contributed by atoms with Crippen molar-refractivity contribution in [3.05, 3.63) is 0 Å². The van der Waals surface area contributed by atoms with Gasteiger partial charge in [-0.2, -0.15) is 0 Å². The molecule has 4 atom stereocenters. The molecule has 2 rings (SSSR count). The minimum Gasteiger partial charge on any atom is -0.480 e. The topological polar surface area (TPSA) is 116 Å². The van der Waals surface area contributed by atoms with Gasteiger partial charge in [0.05, 0.1) is 0 Å². The summed E-state index contributed by atoms with van der Waals surface area (Å²) in [7, 11) is -1.32. The first-order valence-corrected chi connectivity index (χ1v) is 6.58. The molecule has 2 aliphatic rings. The van der Waals surface area contributed by atoms with Gasteiger partial charge in [-0.1, -0.05) is 6.42 Å². The molecule has 0 spiro atoms. The third-order valence-electron chi connectivity index (χ3n) is 4.56. The first-order valence-electron chi connectivity index (χ1n) is 6.58. The third-order valence-corrected chi connectivity index (χ3v) is 4.56. The highest BCUT2D eigenvalue weighted by Gasteiger charge is 2.58. The Balaban J connectivity index is 2.03. The van der Waals surface area contributed by atoms with Crippen LogP contribution in [0.5, 0.6) is 0 Å². The molecule has 0 aromatic carbocycles. The number of rotatable bonds is 5. The number of aliphatic carboxylic acids is 1. The lowest BCUT2D eigenvalue weighted by molar-refractivity contribution is -0.146. The van der Waals surface area contributed by atoms with Gasteiger partial charge in [0.1, 0.15) is 5.54 Å². The number of carboxylic acid groups (broad SMARTS) is 1. The Kier molecular flexibility index (Phi) is 3.96. The summed E-state index contributed by atoms with van der Waals surface area (Å²) in [6.07, 6.45) is 3.08. The second-order valence-electron chi connectivity index (χ2n) is 5.54. The maximum absolute atomic E-state index is 11.5. The third kappa shape index (κ3) is 2.27. The van der Waals surface area contributed by atoms with E-state index in [2.05, 4.69) is 5.32 Å². The molecule has 2 fully saturated rings. The van der Waals surface area contributed by atoms with Gasteiger partial charge in [0.15, 0.2) is 0 Å². The normalized spacial score (nSPS) is 38.7. The van der Waals surface area contributed by atoms with Crippen LogP contribution in [0.25, 0.3) is 0 Å². The summed E-state index contributed by atoms with van der Waals surface area (Å²) in [6.45, 7) is 0.837. The van der Waals surface area contributed by atoms with Gasteiger partial charge in [0.25, 0.3) is 0 Å². The zero-order valence-electron chi connectivity index (χ0n) is 10.4. The number of nitrogens with two attached hydrogens (primary N) is 1. The lowest BCUT2D eigenvalue weighted by Crippen LogP contribution is -2.56. The van der Waals surface area contributed by atoms with Crippen molar-refractivity contribution in [2.45, 2.75) is 43.6 Å². The fourth-order valence-electron chi connectivity index (χ4n) is 3.63. The summed E-state index contributed by atoms with van der Waals surface area (Å²) >= 11 is 0. The smallest absolute Gasteiger partial charge is 0.451 e. The SMILES string of the molecule is NC1(C(=O)O)C(CCCB(O)O)CC2NCCC21. The molecule has 18 heavy (non-hydrogen) atoms. The molecule has 1 aliphatic carbocycles. The summed E-state index contributed by atoms with van der Waals surface area (Å²) in [5.41, 5.74) is 5.03. The number of carbonyl (C=O) groups is 1. The number of hydrogen-bond donors (Lipinski definition) is 5. The molecule has 1 aliphatic heterocycles. The van der Waals surface area contributed by atoms with Crippen molar-refractivity contribution in [1.82, 2.24) is 5.32 Å². The van der Waals surface area contributed by atoms with Crippen LogP contribution in [0.3, 0.4) is 0 Å². The van der Waals surface area contributed by atoms with Gasteiger partial charge in [0.2, 0.25) is 0 Å². The van der Waals surface area contributed by atoms with Crippen LogP contribution in [0.15, 0.2) is 0 Å². The molecule has 4 unspecified atom stereocenters. The standard InChI is InChI=1S/C11H21BN2O4/c13-11(10(15)16)7(2-1-4-12(17)18)6-9-8(11)3-5-14-9/h7-9,14,17-18H,1-6,13H2,(H,15,16). The second kappa shape index (κ2) is 5.17. The lowest BCUT2D eigenvalue weighted by atomic mass is 9.75. The van der Waals surface area contributed by atoms with Crippen LogP contribution in [0.2, 0.25) is 6.32 Å². The van der Waals surface area contributed by atoms with Crippen molar-refractivity contribution in [2.24, 2.45) is 17.6 Å². The first kappa shape index (κ1) is 13.8.